The Labute approximate surface area is 109 Å². The maximum Gasteiger partial charge on any atom is 0.225 e. The Morgan fingerprint density at radius 2 is 2.24 bits per heavy atom. The summed E-state index contributed by atoms with van der Waals surface area (Å²) in [4.78, 5) is 13.3. The van der Waals surface area contributed by atoms with Gasteiger partial charge in [0.05, 0.1) is 5.69 Å². The Hall–Kier alpha value is -0.880. The molecule has 0 aliphatic heterocycles. The molecule has 94 valence electrons. The van der Waals surface area contributed by atoms with Crippen molar-refractivity contribution in [1.82, 2.24) is 14.7 Å². The van der Waals surface area contributed by atoms with Crippen LogP contribution in [-0.2, 0) is 17.4 Å². The van der Waals surface area contributed by atoms with Crippen molar-refractivity contribution in [3.8, 4) is 0 Å². The average molecular weight is 302 g/mol. The summed E-state index contributed by atoms with van der Waals surface area (Å²) in [6, 6.07) is 1.80. The molecule has 0 unspecified atom stereocenters. The molecule has 0 saturated heterocycles. The highest BCUT2D eigenvalue weighted by Gasteiger charge is 2.49. The molecule has 2 rings (SSSR count). The first-order chi connectivity index (χ1) is 7.83. The second kappa shape index (κ2) is 4.10. The fourth-order valence-corrected chi connectivity index (χ4v) is 2.83. The smallest absolute Gasteiger partial charge is 0.225 e. The first-order valence-corrected chi connectivity index (χ1v) is 6.26. The molecule has 1 aromatic rings. The first-order valence-electron chi connectivity index (χ1n) is 5.47. The molecule has 0 bridgehead atoms. The zero-order valence-electron chi connectivity index (χ0n) is 10.1. The summed E-state index contributed by atoms with van der Waals surface area (Å²) in [5.41, 5.74) is -0.156. The van der Waals surface area contributed by atoms with E-state index in [1.54, 1.807) is 36.8 Å². The standard InChI is InChI=1S/C11H16BrN3O2/c1-14(2)10(16)7-5-11(17,6-7)8-4-9(12)13-15(8)3/h4,7,17H,5-6H2,1-3H3/t7-,11+. The van der Waals surface area contributed by atoms with Crippen molar-refractivity contribution >= 4 is 21.8 Å². The van der Waals surface area contributed by atoms with Crippen LogP contribution in [0, 0.1) is 5.92 Å². The summed E-state index contributed by atoms with van der Waals surface area (Å²) in [6.07, 6.45) is 0.936. The Morgan fingerprint density at radius 3 is 2.65 bits per heavy atom. The highest BCUT2D eigenvalue weighted by molar-refractivity contribution is 9.10. The Bertz CT molecular complexity index is 450. The predicted molar refractivity (Wildman–Crippen MR) is 66.2 cm³/mol. The molecule has 1 fully saturated rings. The van der Waals surface area contributed by atoms with Gasteiger partial charge in [-0.1, -0.05) is 0 Å². The Kier molecular flexibility index (Phi) is 3.03. The largest absolute Gasteiger partial charge is 0.384 e. The van der Waals surface area contributed by atoms with Crippen LogP contribution in [0.2, 0.25) is 0 Å². The average Bonchev–Trinajstić information content (AvgIpc) is 2.52. The summed E-state index contributed by atoms with van der Waals surface area (Å²) in [5.74, 6) is -0.000385. The molecule has 1 N–H and O–H groups in total. The summed E-state index contributed by atoms with van der Waals surface area (Å²) >= 11 is 3.28. The van der Waals surface area contributed by atoms with Crippen LogP contribution in [0.15, 0.2) is 10.7 Å². The lowest BCUT2D eigenvalue weighted by Crippen LogP contribution is -2.48. The van der Waals surface area contributed by atoms with Gasteiger partial charge in [-0.3, -0.25) is 9.48 Å². The van der Waals surface area contributed by atoms with Gasteiger partial charge in [0, 0.05) is 27.1 Å². The summed E-state index contributed by atoms with van der Waals surface area (Å²) < 4.78 is 2.35. The van der Waals surface area contributed by atoms with E-state index in [0.29, 0.717) is 17.4 Å². The number of hydrogen-bond donors (Lipinski definition) is 1. The molecule has 5 nitrogen and oxygen atoms in total. The van der Waals surface area contributed by atoms with Crippen LogP contribution in [0.25, 0.3) is 0 Å². The second-order valence-corrected chi connectivity index (χ2v) is 5.66. The van der Waals surface area contributed by atoms with Crippen LogP contribution in [0.3, 0.4) is 0 Å². The minimum absolute atomic E-state index is 0.0795. The number of aryl methyl sites for hydroxylation is 1. The van der Waals surface area contributed by atoms with E-state index in [2.05, 4.69) is 21.0 Å². The predicted octanol–water partition coefficient (Wildman–Crippen LogP) is 0.868. The molecule has 0 aromatic carbocycles. The van der Waals surface area contributed by atoms with Crippen molar-refractivity contribution in [3.63, 3.8) is 0 Å². The highest BCUT2D eigenvalue weighted by Crippen LogP contribution is 2.46. The van der Waals surface area contributed by atoms with Crippen molar-refractivity contribution in [2.75, 3.05) is 14.1 Å². The molecule has 1 saturated carbocycles. The van der Waals surface area contributed by atoms with E-state index >= 15 is 0 Å². The maximum atomic E-state index is 11.7. The van der Waals surface area contributed by atoms with Gasteiger partial charge in [0.1, 0.15) is 10.2 Å². The quantitative estimate of drug-likeness (QED) is 0.882. The SMILES string of the molecule is CN(C)C(=O)[C@H]1C[C@](O)(c2cc(Br)nn2C)C1. The minimum atomic E-state index is -0.913. The van der Waals surface area contributed by atoms with Gasteiger partial charge in [0.25, 0.3) is 0 Å². The Balaban J connectivity index is 2.11. The zero-order valence-corrected chi connectivity index (χ0v) is 11.7. The van der Waals surface area contributed by atoms with Gasteiger partial charge in [0.2, 0.25) is 5.91 Å². The molecule has 1 amide bonds. The number of nitrogens with zero attached hydrogens (tertiary/aromatic N) is 3. The topological polar surface area (TPSA) is 58.4 Å². The van der Waals surface area contributed by atoms with Crippen LogP contribution < -0.4 is 0 Å². The molecule has 1 aliphatic carbocycles. The highest BCUT2D eigenvalue weighted by atomic mass is 79.9. The number of aliphatic hydroxyl groups is 1. The number of rotatable bonds is 2. The lowest BCUT2D eigenvalue weighted by molar-refractivity contribution is -0.151. The van der Waals surface area contributed by atoms with Crippen LogP contribution in [0.1, 0.15) is 18.5 Å². The van der Waals surface area contributed by atoms with Crippen molar-refractivity contribution in [1.29, 1.82) is 0 Å². The monoisotopic (exact) mass is 301 g/mol. The van der Waals surface area contributed by atoms with Gasteiger partial charge in [-0.15, -0.1) is 0 Å². The van der Waals surface area contributed by atoms with E-state index in [1.807, 2.05) is 0 Å². The normalized spacial score (nSPS) is 27.7. The van der Waals surface area contributed by atoms with E-state index in [4.69, 9.17) is 0 Å². The number of carbonyl (C=O) groups is 1. The van der Waals surface area contributed by atoms with Crippen LogP contribution in [0.5, 0.6) is 0 Å². The van der Waals surface area contributed by atoms with Crippen molar-refractivity contribution < 1.29 is 9.90 Å². The van der Waals surface area contributed by atoms with Crippen molar-refractivity contribution in [3.05, 3.63) is 16.4 Å². The molecule has 6 heteroatoms. The van der Waals surface area contributed by atoms with Crippen molar-refractivity contribution in [2.24, 2.45) is 13.0 Å². The summed E-state index contributed by atoms with van der Waals surface area (Å²) in [7, 11) is 5.26. The molecule has 1 heterocycles. The third-order valence-corrected chi connectivity index (χ3v) is 3.67. The van der Waals surface area contributed by atoms with E-state index in [1.165, 1.54) is 0 Å². The van der Waals surface area contributed by atoms with Gasteiger partial charge >= 0.3 is 0 Å². The molecular weight excluding hydrogens is 286 g/mol. The number of carbonyl (C=O) groups excluding carboxylic acids is 1. The number of amides is 1. The van der Waals surface area contributed by atoms with E-state index in [9.17, 15) is 9.90 Å². The molecule has 1 aromatic heterocycles. The zero-order chi connectivity index (χ0) is 12.8. The fraction of sp³-hybridized carbons (Fsp3) is 0.636. The van der Waals surface area contributed by atoms with E-state index < -0.39 is 5.60 Å². The van der Waals surface area contributed by atoms with Gasteiger partial charge in [-0.2, -0.15) is 5.10 Å². The molecule has 17 heavy (non-hydrogen) atoms. The number of halogens is 1. The van der Waals surface area contributed by atoms with Gasteiger partial charge < -0.3 is 10.0 Å². The molecule has 0 atom stereocenters. The molecular formula is C11H16BrN3O2. The van der Waals surface area contributed by atoms with Gasteiger partial charge in [-0.25, -0.2) is 0 Å². The van der Waals surface area contributed by atoms with Crippen LogP contribution in [-0.4, -0.2) is 39.8 Å². The number of hydrogen-bond acceptors (Lipinski definition) is 3. The van der Waals surface area contributed by atoms with Crippen LogP contribution in [0.4, 0.5) is 0 Å². The Morgan fingerprint density at radius 1 is 1.65 bits per heavy atom. The molecule has 0 radical (unpaired) electrons. The van der Waals surface area contributed by atoms with Gasteiger partial charge in [0.15, 0.2) is 0 Å². The molecule has 0 spiro atoms. The summed E-state index contributed by atoms with van der Waals surface area (Å²) in [5, 5.41) is 14.6. The van der Waals surface area contributed by atoms with E-state index in [0.717, 1.165) is 5.69 Å². The second-order valence-electron chi connectivity index (χ2n) is 4.85. The third-order valence-electron chi connectivity index (χ3n) is 3.28. The summed E-state index contributed by atoms with van der Waals surface area (Å²) in [6.45, 7) is 0. The van der Waals surface area contributed by atoms with Gasteiger partial charge in [-0.05, 0) is 34.8 Å². The maximum absolute atomic E-state index is 11.7. The van der Waals surface area contributed by atoms with Crippen LogP contribution >= 0.6 is 15.9 Å². The molecule has 1 aliphatic rings. The fourth-order valence-electron chi connectivity index (χ4n) is 2.37. The van der Waals surface area contributed by atoms with E-state index in [-0.39, 0.29) is 11.8 Å². The van der Waals surface area contributed by atoms with Crippen molar-refractivity contribution in [2.45, 2.75) is 18.4 Å². The lowest BCUT2D eigenvalue weighted by atomic mass is 9.68. The third kappa shape index (κ3) is 2.11. The first kappa shape index (κ1) is 12.6. The minimum Gasteiger partial charge on any atom is -0.384 e. The number of aromatic nitrogens is 2. The lowest BCUT2D eigenvalue weighted by Gasteiger charge is -2.43.